The third-order valence-electron chi connectivity index (χ3n) is 12.7. The first-order valence-corrected chi connectivity index (χ1v) is 21.0. The van der Waals surface area contributed by atoms with E-state index in [-0.39, 0.29) is 5.91 Å². The molecule has 0 saturated carbocycles. The van der Waals surface area contributed by atoms with Crippen molar-refractivity contribution in [3.63, 3.8) is 0 Å². The Bertz CT molecular complexity index is 2460. The summed E-state index contributed by atoms with van der Waals surface area (Å²) in [5.74, 6) is 0.289. The number of hydrogen-bond donors (Lipinski definition) is 1. The number of carbonyl (C=O) groups excluding carboxylic acids is 1. The first-order valence-electron chi connectivity index (χ1n) is 21.0. The number of aromatic nitrogens is 3. The molecule has 1 N–H and O–H groups in total. The zero-order valence-corrected chi connectivity index (χ0v) is 34.3. The summed E-state index contributed by atoms with van der Waals surface area (Å²) >= 11 is 0. The van der Waals surface area contributed by atoms with E-state index in [2.05, 4.69) is 137 Å². The minimum atomic E-state index is 0.289. The van der Waals surface area contributed by atoms with Gasteiger partial charge in [0.2, 0.25) is 5.91 Å². The minimum Gasteiger partial charge on any atom is -0.354 e. The van der Waals surface area contributed by atoms with Crippen LogP contribution in [0.4, 0.5) is 0 Å². The number of nitrogens with one attached hydrogen (secondary N) is 1. The summed E-state index contributed by atoms with van der Waals surface area (Å²) in [6, 6.07) is 36.3. The number of amides is 1. The van der Waals surface area contributed by atoms with E-state index in [0.717, 1.165) is 73.9 Å². The summed E-state index contributed by atoms with van der Waals surface area (Å²) in [5, 5.41) is 1.22. The Hall–Kier alpha value is -5.85. The first-order chi connectivity index (χ1) is 28.3. The van der Waals surface area contributed by atoms with Gasteiger partial charge in [0, 0.05) is 73.1 Å². The number of benzene rings is 4. The van der Waals surface area contributed by atoms with Crippen LogP contribution in [-0.4, -0.2) is 49.3 Å². The van der Waals surface area contributed by atoms with Gasteiger partial charge in [-0.15, -0.1) is 0 Å². The second-order valence-corrected chi connectivity index (χ2v) is 16.9. The van der Waals surface area contributed by atoms with Crippen molar-refractivity contribution in [2.45, 2.75) is 91.4 Å². The Morgan fingerprint density at radius 2 is 1.26 bits per heavy atom. The molecule has 2 aliphatic heterocycles. The molecule has 58 heavy (non-hydrogen) atoms. The van der Waals surface area contributed by atoms with E-state index >= 15 is 0 Å². The minimum absolute atomic E-state index is 0.289. The Morgan fingerprint density at radius 1 is 0.672 bits per heavy atom. The molecule has 7 aromatic rings. The van der Waals surface area contributed by atoms with Crippen LogP contribution in [0.2, 0.25) is 0 Å². The summed E-state index contributed by atoms with van der Waals surface area (Å²) in [6.45, 7) is 11.3. The van der Waals surface area contributed by atoms with Gasteiger partial charge in [0.1, 0.15) is 0 Å². The predicted molar refractivity (Wildman–Crippen MR) is 236 cm³/mol. The fourth-order valence-electron chi connectivity index (χ4n) is 9.75. The van der Waals surface area contributed by atoms with Gasteiger partial charge in [0.05, 0.1) is 6.42 Å². The highest BCUT2D eigenvalue weighted by atomic mass is 16.2. The van der Waals surface area contributed by atoms with Gasteiger partial charge in [0.15, 0.2) is 0 Å². The van der Waals surface area contributed by atoms with Crippen molar-refractivity contribution in [3.8, 4) is 33.5 Å². The lowest BCUT2D eigenvalue weighted by Crippen LogP contribution is -2.36. The number of H-pyrrole nitrogens is 1. The molecule has 292 valence electrons. The average Bonchev–Trinajstić information content (AvgIpc) is 3.95. The molecule has 0 radical (unpaired) electrons. The van der Waals surface area contributed by atoms with Gasteiger partial charge in [-0.25, -0.2) is 0 Å². The van der Waals surface area contributed by atoms with Crippen molar-refractivity contribution >= 4 is 16.8 Å². The Kier molecular flexibility index (Phi) is 10.5. The smallest absolute Gasteiger partial charge is 0.227 e. The summed E-state index contributed by atoms with van der Waals surface area (Å²) in [4.78, 5) is 31.1. The number of rotatable bonds is 12. The van der Waals surface area contributed by atoms with E-state index in [4.69, 9.17) is 0 Å². The van der Waals surface area contributed by atoms with Crippen LogP contribution in [0.1, 0.15) is 70.2 Å². The third kappa shape index (κ3) is 7.86. The molecular formula is C52H53N5O. The van der Waals surface area contributed by atoms with Crippen molar-refractivity contribution in [1.82, 2.24) is 24.8 Å². The Balaban J connectivity index is 1.06. The number of aryl methyl sites for hydroxylation is 4. The number of aromatic amines is 1. The zero-order chi connectivity index (χ0) is 39.8. The normalized spacial score (nSPS) is 16.2. The molecule has 2 saturated heterocycles. The second kappa shape index (κ2) is 16.2. The van der Waals surface area contributed by atoms with E-state index in [0.29, 0.717) is 18.5 Å². The summed E-state index contributed by atoms with van der Waals surface area (Å²) < 4.78 is 0. The number of nitrogens with zero attached hydrogens (tertiary/aromatic N) is 4. The lowest BCUT2D eigenvalue weighted by Gasteiger charge is -2.25. The van der Waals surface area contributed by atoms with Gasteiger partial charge in [-0.3, -0.25) is 19.7 Å². The van der Waals surface area contributed by atoms with Crippen molar-refractivity contribution in [3.05, 3.63) is 166 Å². The van der Waals surface area contributed by atoms with E-state index in [1.807, 2.05) is 36.9 Å². The highest BCUT2D eigenvalue weighted by Gasteiger charge is 2.41. The van der Waals surface area contributed by atoms with Gasteiger partial charge < -0.3 is 9.88 Å². The molecule has 0 unspecified atom stereocenters. The van der Waals surface area contributed by atoms with E-state index in [1.165, 1.54) is 66.7 Å². The van der Waals surface area contributed by atoms with Crippen molar-refractivity contribution in [1.29, 1.82) is 0 Å². The van der Waals surface area contributed by atoms with Crippen LogP contribution in [0.3, 0.4) is 0 Å². The molecule has 0 aliphatic carbocycles. The summed E-state index contributed by atoms with van der Waals surface area (Å²) in [7, 11) is 0. The molecule has 1 amide bonds. The SMILES string of the molecule is Cc1cc(C)cc(-c2[nH]c3ccc(CC(=O)N4C5CCC4CC5)cc3c2CCN(Cc2ccc(-c3cccnc3)cc2C)Cc2ccc(-c3cccnc3)cc2C)c1. The maximum absolute atomic E-state index is 13.7. The van der Waals surface area contributed by atoms with Crippen LogP contribution in [-0.2, 0) is 30.7 Å². The van der Waals surface area contributed by atoms with E-state index in [9.17, 15) is 4.79 Å². The van der Waals surface area contributed by atoms with E-state index in [1.54, 1.807) is 0 Å². The Morgan fingerprint density at radius 3 is 1.79 bits per heavy atom. The van der Waals surface area contributed by atoms with Crippen LogP contribution >= 0.6 is 0 Å². The molecule has 4 aromatic carbocycles. The van der Waals surface area contributed by atoms with Crippen molar-refractivity contribution < 1.29 is 4.79 Å². The van der Waals surface area contributed by atoms with Crippen molar-refractivity contribution in [2.75, 3.05) is 6.54 Å². The van der Waals surface area contributed by atoms with Gasteiger partial charge in [0.25, 0.3) is 0 Å². The number of fused-ring (bicyclic) bond motifs is 3. The molecule has 3 aromatic heterocycles. The zero-order valence-electron chi connectivity index (χ0n) is 34.3. The largest absolute Gasteiger partial charge is 0.354 e. The highest BCUT2D eigenvalue weighted by molar-refractivity contribution is 5.92. The van der Waals surface area contributed by atoms with Gasteiger partial charge in [-0.2, -0.15) is 0 Å². The third-order valence-corrected chi connectivity index (χ3v) is 12.7. The van der Waals surface area contributed by atoms with Crippen LogP contribution in [0, 0.1) is 27.7 Å². The van der Waals surface area contributed by atoms with Crippen LogP contribution in [0.25, 0.3) is 44.4 Å². The first kappa shape index (κ1) is 37.7. The molecule has 6 nitrogen and oxygen atoms in total. The molecule has 5 heterocycles. The molecular weight excluding hydrogens is 711 g/mol. The van der Waals surface area contributed by atoms with E-state index < -0.39 is 0 Å². The molecule has 0 atom stereocenters. The predicted octanol–water partition coefficient (Wildman–Crippen LogP) is 11.1. The maximum Gasteiger partial charge on any atom is 0.227 e. The molecule has 0 spiro atoms. The van der Waals surface area contributed by atoms with Crippen molar-refractivity contribution in [2.24, 2.45) is 0 Å². The second-order valence-electron chi connectivity index (χ2n) is 16.9. The van der Waals surface area contributed by atoms with Gasteiger partial charge >= 0.3 is 0 Å². The molecule has 2 fully saturated rings. The quantitative estimate of drug-likeness (QED) is 0.135. The van der Waals surface area contributed by atoms with Crippen LogP contribution in [0.15, 0.2) is 122 Å². The summed E-state index contributed by atoms with van der Waals surface area (Å²) in [5.41, 5.74) is 18.3. The number of carbonyl (C=O) groups is 1. The lowest BCUT2D eigenvalue weighted by atomic mass is 9.97. The average molecular weight is 764 g/mol. The number of hydrogen-bond acceptors (Lipinski definition) is 4. The van der Waals surface area contributed by atoms with Crippen LogP contribution < -0.4 is 0 Å². The molecule has 9 rings (SSSR count). The molecule has 2 bridgehead atoms. The monoisotopic (exact) mass is 763 g/mol. The van der Waals surface area contributed by atoms with Gasteiger partial charge in [-0.1, -0.05) is 71.8 Å². The van der Waals surface area contributed by atoms with Crippen LogP contribution in [0.5, 0.6) is 0 Å². The fraction of sp³-hybridized carbons (Fsp3) is 0.288. The fourth-order valence-corrected chi connectivity index (χ4v) is 9.75. The lowest BCUT2D eigenvalue weighted by molar-refractivity contribution is -0.131. The maximum atomic E-state index is 13.7. The Labute approximate surface area is 343 Å². The standard InChI is InChI=1S/C52H53N5O/c1-34-23-35(2)25-45(24-34)52-48(49-28-38(9-18-50(49)55-52)29-51(58)57-46-14-15-47(57)17-16-46)19-22-56(32-43-12-10-39(26-36(43)3)41-7-5-20-53-30-41)33-44-13-11-40(27-37(44)4)42-8-6-21-54-31-42/h5-13,18,20-21,23-28,30-31,46-47,55H,14-17,19,22,29,32-33H2,1-4H3. The van der Waals surface area contributed by atoms with Gasteiger partial charge in [-0.05, 0) is 157 Å². The highest BCUT2D eigenvalue weighted by Crippen LogP contribution is 2.38. The summed E-state index contributed by atoms with van der Waals surface area (Å²) in [6.07, 6.45) is 13.5. The topological polar surface area (TPSA) is 65.1 Å². The molecule has 2 aliphatic rings. The molecule has 6 heteroatoms. The number of pyridine rings is 2.